The van der Waals surface area contributed by atoms with Crippen LogP contribution in [0.1, 0.15) is 12.5 Å². The number of rotatable bonds is 6. The molecule has 0 fully saturated rings. The van der Waals surface area contributed by atoms with E-state index in [1.807, 2.05) is 17.9 Å². The first kappa shape index (κ1) is 13.1. The SMILES string of the molecule is CCNCCN(C)Cc1ccc2c(c1)ncn2C. The zero-order valence-electron chi connectivity index (χ0n) is 11.5. The standard InChI is InChI=1S/C14H22N4/c1-4-15-7-8-17(2)10-12-5-6-14-13(9-12)16-11-18(14)3/h5-6,9,11,15H,4,7-8,10H2,1-3H3. The topological polar surface area (TPSA) is 33.1 Å². The fraction of sp³-hybridized carbons (Fsp3) is 0.500. The Labute approximate surface area is 109 Å². The van der Waals surface area contributed by atoms with Gasteiger partial charge in [0.25, 0.3) is 0 Å². The first-order valence-corrected chi connectivity index (χ1v) is 6.50. The maximum atomic E-state index is 4.39. The van der Waals surface area contributed by atoms with Crippen molar-refractivity contribution >= 4 is 11.0 Å². The van der Waals surface area contributed by atoms with E-state index in [-0.39, 0.29) is 0 Å². The van der Waals surface area contributed by atoms with Crippen molar-refractivity contribution in [1.82, 2.24) is 19.8 Å². The molecule has 1 aromatic heterocycles. The first-order valence-electron chi connectivity index (χ1n) is 6.50. The summed E-state index contributed by atoms with van der Waals surface area (Å²) in [6.45, 7) is 6.24. The number of nitrogens with one attached hydrogen (secondary N) is 1. The monoisotopic (exact) mass is 246 g/mol. The van der Waals surface area contributed by atoms with Gasteiger partial charge >= 0.3 is 0 Å². The Hall–Kier alpha value is -1.39. The number of fused-ring (bicyclic) bond motifs is 1. The van der Waals surface area contributed by atoms with Crippen LogP contribution in [-0.2, 0) is 13.6 Å². The third kappa shape index (κ3) is 3.09. The van der Waals surface area contributed by atoms with E-state index in [0.717, 1.165) is 31.7 Å². The third-order valence-corrected chi connectivity index (χ3v) is 3.16. The molecule has 2 rings (SSSR count). The Morgan fingerprint density at radius 1 is 1.39 bits per heavy atom. The molecule has 2 aromatic rings. The number of likely N-dealkylation sites (N-methyl/N-ethyl adjacent to an activating group) is 2. The van der Waals surface area contributed by atoms with Crippen LogP contribution in [0.25, 0.3) is 11.0 Å². The molecule has 0 aliphatic rings. The van der Waals surface area contributed by atoms with Gasteiger partial charge in [0.1, 0.15) is 0 Å². The summed E-state index contributed by atoms with van der Waals surface area (Å²) in [4.78, 5) is 6.72. The lowest BCUT2D eigenvalue weighted by atomic mass is 10.2. The third-order valence-electron chi connectivity index (χ3n) is 3.16. The molecule has 1 aromatic carbocycles. The fourth-order valence-corrected chi connectivity index (χ4v) is 2.12. The largest absolute Gasteiger partial charge is 0.334 e. The molecule has 0 radical (unpaired) electrons. The van der Waals surface area contributed by atoms with E-state index in [1.54, 1.807) is 0 Å². The summed E-state index contributed by atoms with van der Waals surface area (Å²) in [5, 5.41) is 3.34. The molecule has 0 unspecified atom stereocenters. The van der Waals surface area contributed by atoms with Gasteiger partial charge in [-0.25, -0.2) is 4.98 Å². The molecule has 4 nitrogen and oxygen atoms in total. The molecule has 0 aliphatic carbocycles. The van der Waals surface area contributed by atoms with Crippen molar-refractivity contribution in [1.29, 1.82) is 0 Å². The van der Waals surface area contributed by atoms with E-state index < -0.39 is 0 Å². The van der Waals surface area contributed by atoms with Crippen LogP contribution in [-0.4, -0.2) is 41.1 Å². The molecular formula is C14H22N4. The lowest BCUT2D eigenvalue weighted by molar-refractivity contribution is 0.326. The number of benzene rings is 1. The van der Waals surface area contributed by atoms with E-state index in [2.05, 4.69) is 47.4 Å². The van der Waals surface area contributed by atoms with Crippen LogP contribution in [0.3, 0.4) is 0 Å². The van der Waals surface area contributed by atoms with E-state index >= 15 is 0 Å². The minimum Gasteiger partial charge on any atom is -0.334 e. The normalized spacial score (nSPS) is 11.6. The number of aryl methyl sites for hydroxylation is 1. The van der Waals surface area contributed by atoms with Gasteiger partial charge in [-0.1, -0.05) is 13.0 Å². The van der Waals surface area contributed by atoms with E-state index in [4.69, 9.17) is 0 Å². The lowest BCUT2D eigenvalue weighted by Gasteiger charge is -2.16. The maximum absolute atomic E-state index is 4.39. The van der Waals surface area contributed by atoms with Crippen LogP contribution >= 0.6 is 0 Å². The zero-order chi connectivity index (χ0) is 13.0. The van der Waals surface area contributed by atoms with Crippen LogP contribution in [0.15, 0.2) is 24.5 Å². The predicted octanol–water partition coefficient (Wildman–Crippen LogP) is 1.61. The second-order valence-electron chi connectivity index (χ2n) is 4.77. The van der Waals surface area contributed by atoms with Gasteiger partial charge in [-0.2, -0.15) is 0 Å². The number of hydrogen-bond donors (Lipinski definition) is 1. The molecule has 0 spiro atoms. The van der Waals surface area contributed by atoms with E-state index in [0.29, 0.717) is 0 Å². The molecule has 0 aliphatic heterocycles. The van der Waals surface area contributed by atoms with Crippen molar-refractivity contribution in [3.8, 4) is 0 Å². The smallest absolute Gasteiger partial charge is 0.0955 e. The van der Waals surface area contributed by atoms with Crippen molar-refractivity contribution in [3.63, 3.8) is 0 Å². The zero-order valence-corrected chi connectivity index (χ0v) is 11.5. The molecule has 0 amide bonds. The van der Waals surface area contributed by atoms with Crippen LogP contribution < -0.4 is 5.32 Å². The summed E-state index contributed by atoms with van der Waals surface area (Å²) in [6, 6.07) is 6.52. The minimum atomic E-state index is 0.970. The molecule has 0 atom stereocenters. The highest BCUT2D eigenvalue weighted by molar-refractivity contribution is 5.75. The summed E-state index contributed by atoms with van der Waals surface area (Å²) < 4.78 is 2.05. The Morgan fingerprint density at radius 3 is 3.00 bits per heavy atom. The van der Waals surface area contributed by atoms with Crippen molar-refractivity contribution in [3.05, 3.63) is 30.1 Å². The Bertz CT molecular complexity index is 503. The van der Waals surface area contributed by atoms with Crippen LogP contribution in [0.5, 0.6) is 0 Å². The summed E-state index contributed by atoms with van der Waals surface area (Å²) >= 11 is 0. The van der Waals surface area contributed by atoms with Crippen molar-refractivity contribution in [2.24, 2.45) is 7.05 Å². The second-order valence-corrected chi connectivity index (χ2v) is 4.77. The molecule has 18 heavy (non-hydrogen) atoms. The van der Waals surface area contributed by atoms with Gasteiger partial charge in [-0.15, -0.1) is 0 Å². The van der Waals surface area contributed by atoms with Crippen molar-refractivity contribution in [2.75, 3.05) is 26.7 Å². The fourth-order valence-electron chi connectivity index (χ4n) is 2.12. The van der Waals surface area contributed by atoms with Gasteiger partial charge < -0.3 is 14.8 Å². The minimum absolute atomic E-state index is 0.970. The van der Waals surface area contributed by atoms with Gasteiger partial charge in [-0.3, -0.25) is 0 Å². The molecule has 1 N–H and O–H groups in total. The molecular weight excluding hydrogens is 224 g/mol. The predicted molar refractivity (Wildman–Crippen MR) is 75.6 cm³/mol. The van der Waals surface area contributed by atoms with Gasteiger partial charge in [0.05, 0.1) is 17.4 Å². The maximum Gasteiger partial charge on any atom is 0.0955 e. The van der Waals surface area contributed by atoms with Crippen molar-refractivity contribution in [2.45, 2.75) is 13.5 Å². The van der Waals surface area contributed by atoms with Crippen molar-refractivity contribution < 1.29 is 0 Å². The van der Waals surface area contributed by atoms with E-state index in [1.165, 1.54) is 11.1 Å². The number of aromatic nitrogens is 2. The average Bonchev–Trinajstić information content (AvgIpc) is 2.71. The molecule has 0 bridgehead atoms. The Balaban J connectivity index is 1.98. The van der Waals surface area contributed by atoms with E-state index in [9.17, 15) is 0 Å². The molecule has 1 heterocycles. The Morgan fingerprint density at radius 2 is 2.22 bits per heavy atom. The van der Waals surface area contributed by atoms with Crippen LogP contribution in [0, 0.1) is 0 Å². The number of nitrogens with zero attached hydrogens (tertiary/aromatic N) is 3. The summed E-state index contributed by atoms with van der Waals surface area (Å²) in [5.74, 6) is 0. The van der Waals surface area contributed by atoms with Gasteiger partial charge in [-0.05, 0) is 31.3 Å². The molecule has 4 heteroatoms. The van der Waals surface area contributed by atoms with Gasteiger partial charge in [0, 0.05) is 26.7 Å². The molecule has 0 saturated heterocycles. The summed E-state index contributed by atoms with van der Waals surface area (Å²) in [7, 11) is 4.18. The summed E-state index contributed by atoms with van der Waals surface area (Å²) in [6.07, 6.45) is 1.86. The van der Waals surface area contributed by atoms with Gasteiger partial charge in [0.15, 0.2) is 0 Å². The summed E-state index contributed by atoms with van der Waals surface area (Å²) in [5.41, 5.74) is 3.59. The number of hydrogen-bond acceptors (Lipinski definition) is 3. The molecule has 98 valence electrons. The highest BCUT2D eigenvalue weighted by Crippen LogP contribution is 2.14. The molecule has 0 saturated carbocycles. The van der Waals surface area contributed by atoms with Crippen LogP contribution in [0.2, 0.25) is 0 Å². The van der Waals surface area contributed by atoms with Crippen LogP contribution in [0.4, 0.5) is 0 Å². The highest BCUT2D eigenvalue weighted by atomic mass is 15.1. The Kier molecular flexibility index (Phi) is 4.33. The number of imidazole rings is 1. The highest BCUT2D eigenvalue weighted by Gasteiger charge is 2.03. The first-order chi connectivity index (χ1) is 8.70. The quantitative estimate of drug-likeness (QED) is 0.786. The average molecular weight is 246 g/mol. The second kappa shape index (κ2) is 5.98. The van der Waals surface area contributed by atoms with Gasteiger partial charge in [0.2, 0.25) is 0 Å². The lowest BCUT2D eigenvalue weighted by Crippen LogP contribution is -2.28.